The molecule has 0 unspecified atom stereocenters. The number of allylic oxidation sites excluding steroid dienone is 1. The molecule has 1 atom stereocenters. The van der Waals surface area contributed by atoms with E-state index in [0.29, 0.717) is 45.3 Å². The second kappa shape index (κ2) is 13.4. The molecular weight excluding hydrogens is 632 g/mol. The Morgan fingerprint density at radius 2 is 1.77 bits per heavy atom. The first-order chi connectivity index (χ1) is 20.8. The molecule has 0 N–H and O–H groups in total. The lowest BCUT2D eigenvalue weighted by atomic mass is 9.94. The summed E-state index contributed by atoms with van der Waals surface area (Å²) in [6.45, 7) is 6.37. The number of halogens is 1. The second-order valence-electron chi connectivity index (χ2n) is 9.60. The number of hydrogen-bond acceptors (Lipinski definition) is 8. The molecule has 2 heterocycles. The number of nitrogens with zero attached hydrogens (tertiary/aromatic N) is 2. The van der Waals surface area contributed by atoms with Crippen LogP contribution in [0.3, 0.4) is 0 Å². The maximum atomic E-state index is 14.0. The lowest BCUT2D eigenvalue weighted by Gasteiger charge is -2.26. The Balaban J connectivity index is 1.55. The van der Waals surface area contributed by atoms with E-state index in [2.05, 4.69) is 20.9 Å². The fourth-order valence-corrected chi connectivity index (χ4v) is 6.16. The molecule has 0 bridgehead atoms. The summed E-state index contributed by atoms with van der Waals surface area (Å²) < 4.78 is 26.0. The molecule has 0 aliphatic carbocycles. The first kappa shape index (κ1) is 30.3. The predicted molar refractivity (Wildman–Crippen MR) is 169 cm³/mol. The Bertz CT molecular complexity index is 1840. The van der Waals surface area contributed by atoms with Crippen LogP contribution in [0.15, 0.2) is 92.3 Å². The summed E-state index contributed by atoms with van der Waals surface area (Å²) >= 11 is 4.71. The third-order valence-electron chi connectivity index (χ3n) is 6.83. The van der Waals surface area contributed by atoms with E-state index in [1.807, 2.05) is 73.7 Å². The van der Waals surface area contributed by atoms with E-state index in [9.17, 15) is 9.59 Å². The van der Waals surface area contributed by atoms with Crippen molar-refractivity contribution in [2.45, 2.75) is 33.4 Å². The summed E-state index contributed by atoms with van der Waals surface area (Å²) in [5, 5.41) is 0. The van der Waals surface area contributed by atoms with Gasteiger partial charge < -0.3 is 18.9 Å². The molecule has 0 saturated carbocycles. The van der Waals surface area contributed by atoms with E-state index in [0.717, 1.165) is 21.3 Å². The van der Waals surface area contributed by atoms with Gasteiger partial charge in [0.25, 0.3) is 5.56 Å². The van der Waals surface area contributed by atoms with Gasteiger partial charge in [-0.1, -0.05) is 63.7 Å². The Morgan fingerprint density at radius 1 is 1.02 bits per heavy atom. The normalized spacial score (nSPS) is 14.6. The van der Waals surface area contributed by atoms with Crippen molar-refractivity contribution < 1.29 is 23.7 Å². The van der Waals surface area contributed by atoms with Gasteiger partial charge in [0, 0.05) is 10.0 Å². The predicted octanol–water partition coefficient (Wildman–Crippen LogP) is 5.55. The minimum Gasteiger partial charge on any atom is -0.493 e. The van der Waals surface area contributed by atoms with Gasteiger partial charge in [-0.05, 0) is 68.3 Å². The van der Waals surface area contributed by atoms with Crippen LogP contribution in [0.1, 0.15) is 43.5 Å². The van der Waals surface area contributed by atoms with Gasteiger partial charge in [-0.25, -0.2) is 9.79 Å². The van der Waals surface area contributed by atoms with Crippen LogP contribution in [-0.2, 0) is 16.1 Å². The summed E-state index contributed by atoms with van der Waals surface area (Å²) in [6.07, 6.45) is 1.82. The molecule has 222 valence electrons. The van der Waals surface area contributed by atoms with Gasteiger partial charge in [0.15, 0.2) is 16.3 Å². The maximum absolute atomic E-state index is 14.0. The van der Waals surface area contributed by atoms with E-state index in [-0.39, 0.29) is 17.7 Å². The smallest absolute Gasteiger partial charge is 0.338 e. The molecule has 4 aromatic rings. The first-order valence-corrected chi connectivity index (χ1v) is 15.4. The van der Waals surface area contributed by atoms with Gasteiger partial charge in [-0.15, -0.1) is 0 Å². The van der Waals surface area contributed by atoms with E-state index in [1.54, 1.807) is 31.6 Å². The van der Waals surface area contributed by atoms with Crippen molar-refractivity contribution in [1.29, 1.82) is 0 Å². The number of rotatable bonds is 10. The third-order valence-corrected chi connectivity index (χ3v) is 8.34. The number of aromatic nitrogens is 1. The minimum absolute atomic E-state index is 0.187. The highest BCUT2D eigenvalue weighted by Crippen LogP contribution is 2.40. The number of para-hydroxylation sites is 1. The number of fused-ring (bicyclic) bond motifs is 1. The van der Waals surface area contributed by atoms with Gasteiger partial charge >= 0.3 is 5.97 Å². The fraction of sp³-hybridized carbons (Fsp3) is 0.242. The molecule has 3 aromatic carbocycles. The first-order valence-electron chi connectivity index (χ1n) is 13.8. The van der Waals surface area contributed by atoms with Crippen LogP contribution >= 0.6 is 27.3 Å². The molecule has 1 aromatic heterocycles. The van der Waals surface area contributed by atoms with Gasteiger partial charge in [-0.2, -0.15) is 0 Å². The summed E-state index contributed by atoms with van der Waals surface area (Å²) in [4.78, 5) is 32.4. The van der Waals surface area contributed by atoms with Gasteiger partial charge in [-0.3, -0.25) is 9.36 Å². The Labute approximate surface area is 261 Å². The van der Waals surface area contributed by atoms with Crippen LogP contribution < -0.4 is 29.1 Å². The average Bonchev–Trinajstić information content (AvgIpc) is 3.31. The molecule has 5 rings (SSSR count). The van der Waals surface area contributed by atoms with E-state index >= 15 is 0 Å². The van der Waals surface area contributed by atoms with Gasteiger partial charge in [0.2, 0.25) is 0 Å². The fourth-order valence-electron chi connectivity index (χ4n) is 4.85. The number of carbonyl (C=O) groups is 1. The molecule has 0 fully saturated rings. The number of esters is 1. The van der Waals surface area contributed by atoms with Crippen molar-refractivity contribution in [2.75, 3.05) is 20.3 Å². The number of carbonyl (C=O) groups excluding carboxylic acids is 1. The van der Waals surface area contributed by atoms with Crippen molar-refractivity contribution in [3.05, 3.63) is 119 Å². The number of thiazole rings is 1. The SMILES string of the molecule is CCOC(=O)C1=C(C)N=c2s/c(=C/c3ccc(OCc4ccc(Br)cc4)cc3)c(=O)n2[C@H]1c1cccc(OC)c1OCC. The number of benzene rings is 3. The van der Waals surface area contributed by atoms with E-state index in [1.165, 1.54) is 11.3 Å². The molecule has 0 amide bonds. The zero-order valence-corrected chi connectivity index (χ0v) is 26.7. The summed E-state index contributed by atoms with van der Waals surface area (Å²) in [5.41, 5.74) is 2.98. The highest BCUT2D eigenvalue weighted by molar-refractivity contribution is 9.10. The molecule has 43 heavy (non-hydrogen) atoms. The van der Waals surface area contributed by atoms with Crippen LogP contribution in [0, 0.1) is 0 Å². The zero-order chi connectivity index (χ0) is 30.5. The van der Waals surface area contributed by atoms with Crippen LogP contribution in [0.2, 0.25) is 0 Å². The second-order valence-corrected chi connectivity index (χ2v) is 11.5. The van der Waals surface area contributed by atoms with Crippen molar-refractivity contribution in [1.82, 2.24) is 4.57 Å². The minimum atomic E-state index is -0.816. The summed E-state index contributed by atoms with van der Waals surface area (Å²) in [6, 6.07) is 20.1. The van der Waals surface area contributed by atoms with Crippen LogP contribution in [-0.4, -0.2) is 30.9 Å². The maximum Gasteiger partial charge on any atom is 0.338 e. The lowest BCUT2D eigenvalue weighted by molar-refractivity contribution is -0.139. The molecule has 1 aliphatic heterocycles. The average molecular weight is 664 g/mol. The third kappa shape index (κ3) is 6.45. The lowest BCUT2D eigenvalue weighted by Crippen LogP contribution is -2.40. The Morgan fingerprint density at radius 3 is 2.44 bits per heavy atom. The molecule has 0 radical (unpaired) electrons. The van der Waals surface area contributed by atoms with Crippen LogP contribution in [0.4, 0.5) is 0 Å². The van der Waals surface area contributed by atoms with E-state index < -0.39 is 12.0 Å². The summed E-state index contributed by atoms with van der Waals surface area (Å²) in [5.74, 6) is 1.15. The number of ether oxygens (including phenoxy) is 4. The van der Waals surface area contributed by atoms with E-state index in [4.69, 9.17) is 18.9 Å². The summed E-state index contributed by atoms with van der Waals surface area (Å²) in [7, 11) is 1.55. The topological polar surface area (TPSA) is 88.4 Å². The molecular formula is C33H31BrN2O6S. The van der Waals surface area contributed by atoms with Crippen molar-refractivity contribution in [3.63, 3.8) is 0 Å². The number of hydrogen-bond donors (Lipinski definition) is 0. The largest absolute Gasteiger partial charge is 0.493 e. The van der Waals surface area contributed by atoms with Gasteiger partial charge in [0.1, 0.15) is 18.4 Å². The highest BCUT2D eigenvalue weighted by Gasteiger charge is 2.36. The molecule has 8 nitrogen and oxygen atoms in total. The number of methoxy groups -OCH3 is 1. The highest BCUT2D eigenvalue weighted by atomic mass is 79.9. The Kier molecular flexibility index (Phi) is 9.47. The molecule has 0 spiro atoms. The standard InChI is InChI=1S/C33H31BrN2O6S/c1-5-40-30-25(8-7-9-26(30)39-4)29-28(32(38)41-6-2)20(3)35-33-36(29)31(37)27(43-33)18-21-12-16-24(17-13-21)42-19-22-10-14-23(34)15-11-22/h7-18,29H,5-6,19H2,1-4H3/b27-18+/t29-/m0/s1. The van der Waals surface area contributed by atoms with Crippen molar-refractivity contribution in [3.8, 4) is 17.2 Å². The molecule has 0 saturated heterocycles. The van der Waals surface area contributed by atoms with Gasteiger partial charge in [0.05, 0.1) is 36.1 Å². The van der Waals surface area contributed by atoms with Crippen molar-refractivity contribution in [2.24, 2.45) is 4.99 Å². The molecule has 10 heteroatoms. The zero-order valence-electron chi connectivity index (χ0n) is 24.3. The monoisotopic (exact) mass is 662 g/mol. The van der Waals surface area contributed by atoms with Crippen molar-refractivity contribution >= 4 is 39.3 Å². The molecule has 1 aliphatic rings. The van der Waals surface area contributed by atoms with Crippen LogP contribution in [0.25, 0.3) is 6.08 Å². The quantitative estimate of drug-likeness (QED) is 0.207. The van der Waals surface area contributed by atoms with Crippen LogP contribution in [0.5, 0.6) is 17.2 Å². The Hall–Kier alpha value is -4.15.